The Balaban J connectivity index is 1.32. The third-order valence-electron chi connectivity index (χ3n) is 8.76. The number of allylic oxidation sites excluding steroid dienone is 2. The molecule has 0 radical (unpaired) electrons. The topological polar surface area (TPSA) is 65.0 Å². The van der Waals surface area contributed by atoms with E-state index in [1.165, 1.54) is 11.6 Å². The lowest BCUT2D eigenvalue weighted by Crippen LogP contribution is -2.24. The molecule has 0 unspecified atom stereocenters. The van der Waals surface area contributed by atoms with Gasteiger partial charge in [0.15, 0.2) is 0 Å². The van der Waals surface area contributed by atoms with Gasteiger partial charge in [0.05, 0.1) is 19.6 Å². The molecule has 1 heterocycles. The average Bonchev–Trinajstić information content (AvgIpc) is 3.54. The summed E-state index contributed by atoms with van der Waals surface area (Å²) in [4.78, 5) is 11.7. The Morgan fingerprint density at radius 1 is 1.03 bits per heavy atom. The Morgan fingerprint density at radius 2 is 1.85 bits per heavy atom. The van der Waals surface area contributed by atoms with Crippen molar-refractivity contribution in [3.63, 3.8) is 0 Å². The van der Waals surface area contributed by atoms with Gasteiger partial charge in [0.1, 0.15) is 29.7 Å². The number of fused-ring (bicyclic) bond motifs is 2. The molecule has 0 amide bonds. The van der Waals surface area contributed by atoms with Crippen LogP contribution in [-0.2, 0) is 16.8 Å². The maximum atomic E-state index is 15.1. The van der Waals surface area contributed by atoms with Crippen molar-refractivity contribution in [1.29, 1.82) is 0 Å². The molecule has 3 aromatic carbocycles. The molecule has 202 valence electrons. The van der Waals surface area contributed by atoms with E-state index in [2.05, 4.69) is 26.0 Å². The van der Waals surface area contributed by atoms with E-state index in [1.807, 2.05) is 30.3 Å². The van der Waals surface area contributed by atoms with Gasteiger partial charge in [-0.05, 0) is 95.8 Å². The van der Waals surface area contributed by atoms with Crippen molar-refractivity contribution in [3.05, 3.63) is 83.2 Å². The van der Waals surface area contributed by atoms with Gasteiger partial charge in [-0.25, -0.2) is 4.39 Å². The standard InChI is InChI=1S/C33H33FO5/c1-32(2)12-4-5-26(32)24-15-20(6-9-23(24)25-16-21(37-3)7-10-29(25)34)19-39-22-8-11-30-27(17-22)33(13-14-38-30)18-28(33)31(35)36/h5-11,15-17,28H,4,12-14,18-19H2,1-3H3,(H,35,36)/t28-,33+/m1/s1. The molecule has 0 saturated heterocycles. The van der Waals surface area contributed by atoms with Crippen LogP contribution in [0.15, 0.2) is 60.7 Å². The van der Waals surface area contributed by atoms with E-state index in [0.717, 1.165) is 40.8 Å². The fraction of sp³-hybridized carbons (Fsp3) is 0.364. The molecule has 1 fully saturated rings. The molecule has 0 aromatic heterocycles. The molecule has 3 aliphatic rings. The predicted octanol–water partition coefficient (Wildman–Crippen LogP) is 7.41. The second kappa shape index (κ2) is 9.44. The summed E-state index contributed by atoms with van der Waals surface area (Å²) < 4.78 is 32.5. The highest BCUT2D eigenvalue weighted by Crippen LogP contribution is 2.61. The molecule has 1 spiro atoms. The quantitative estimate of drug-likeness (QED) is 0.346. The number of carboxylic acid groups (broad SMARTS) is 1. The number of aliphatic carboxylic acids is 1. The summed E-state index contributed by atoms with van der Waals surface area (Å²) in [5.74, 6) is 0.630. The molecule has 6 rings (SSSR count). The van der Waals surface area contributed by atoms with Crippen LogP contribution < -0.4 is 14.2 Å². The fourth-order valence-corrected chi connectivity index (χ4v) is 6.40. The van der Waals surface area contributed by atoms with Crippen LogP contribution in [0.1, 0.15) is 56.2 Å². The minimum absolute atomic E-state index is 0.0265. The van der Waals surface area contributed by atoms with Crippen LogP contribution in [0.2, 0.25) is 0 Å². The lowest BCUT2D eigenvalue weighted by molar-refractivity contribution is -0.139. The van der Waals surface area contributed by atoms with Crippen molar-refractivity contribution >= 4 is 11.5 Å². The monoisotopic (exact) mass is 528 g/mol. The molecule has 3 aromatic rings. The molecule has 1 aliphatic heterocycles. The number of carboxylic acids is 1. The first-order valence-corrected chi connectivity index (χ1v) is 13.5. The zero-order valence-electron chi connectivity index (χ0n) is 22.6. The van der Waals surface area contributed by atoms with E-state index >= 15 is 4.39 Å². The molecule has 39 heavy (non-hydrogen) atoms. The Labute approximate surface area is 228 Å². The lowest BCUT2D eigenvalue weighted by atomic mass is 9.79. The maximum Gasteiger partial charge on any atom is 0.307 e. The van der Waals surface area contributed by atoms with Crippen LogP contribution in [-0.4, -0.2) is 24.8 Å². The molecule has 5 nitrogen and oxygen atoms in total. The van der Waals surface area contributed by atoms with Crippen molar-refractivity contribution in [3.8, 4) is 28.4 Å². The Kier molecular flexibility index (Phi) is 6.17. The van der Waals surface area contributed by atoms with Gasteiger partial charge in [-0.1, -0.05) is 32.1 Å². The number of methoxy groups -OCH3 is 1. The third-order valence-corrected chi connectivity index (χ3v) is 8.76. The number of ether oxygens (including phenoxy) is 3. The first kappa shape index (κ1) is 25.5. The van der Waals surface area contributed by atoms with Crippen LogP contribution >= 0.6 is 0 Å². The predicted molar refractivity (Wildman–Crippen MR) is 148 cm³/mol. The molecule has 2 atom stereocenters. The second-order valence-electron chi connectivity index (χ2n) is 11.6. The Bertz CT molecular complexity index is 1490. The van der Waals surface area contributed by atoms with Crippen LogP contribution in [0, 0.1) is 17.2 Å². The van der Waals surface area contributed by atoms with Crippen molar-refractivity contribution in [1.82, 2.24) is 0 Å². The van der Waals surface area contributed by atoms with E-state index in [0.29, 0.717) is 43.1 Å². The average molecular weight is 529 g/mol. The third kappa shape index (κ3) is 4.46. The van der Waals surface area contributed by atoms with Crippen LogP contribution in [0.3, 0.4) is 0 Å². The Morgan fingerprint density at radius 3 is 2.56 bits per heavy atom. The van der Waals surface area contributed by atoms with Crippen LogP contribution in [0.4, 0.5) is 4.39 Å². The summed E-state index contributed by atoms with van der Waals surface area (Å²) in [6, 6.07) is 16.6. The minimum atomic E-state index is -0.751. The van der Waals surface area contributed by atoms with Gasteiger partial charge in [0, 0.05) is 16.5 Å². The van der Waals surface area contributed by atoms with E-state index in [-0.39, 0.29) is 22.6 Å². The van der Waals surface area contributed by atoms with Gasteiger partial charge in [-0.3, -0.25) is 4.79 Å². The number of hydrogen-bond acceptors (Lipinski definition) is 4. The summed E-state index contributed by atoms with van der Waals surface area (Å²) in [7, 11) is 1.58. The largest absolute Gasteiger partial charge is 0.497 e. The smallest absolute Gasteiger partial charge is 0.307 e. The zero-order chi connectivity index (χ0) is 27.4. The normalized spacial score (nSPS) is 22.6. The number of hydrogen-bond donors (Lipinski definition) is 1. The highest BCUT2D eigenvalue weighted by molar-refractivity contribution is 5.85. The highest BCUT2D eigenvalue weighted by atomic mass is 19.1. The molecule has 0 bridgehead atoms. The number of halogens is 1. The zero-order valence-corrected chi connectivity index (χ0v) is 22.6. The summed E-state index contributed by atoms with van der Waals surface area (Å²) >= 11 is 0. The van der Waals surface area contributed by atoms with Crippen LogP contribution in [0.5, 0.6) is 17.2 Å². The molecule has 1 saturated carbocycles. The number of benzene rings is 3. The molecule has 6 heteroatoms. The van der Waals surface area contributed by atoms with Crippen molar-refractivity contribution < 1.29 is 28.5 Å². The number of rotatable bonds is 7. The lowest BCUT2D eigenvalue weighted by Gasteiger charge is -2.27. The van der Waals surface area contributed by atoms with E-state index in [4.69, 9.17) is 14.2 Å². The highest BCUT2D eigenvalue weighted by Gasteiger charge is 2.61. The fourth-order valence-electron chi connectivity index (χ4n) is 6.40. The van der Waals surface area contributed by atoms with E-state index < -0.39 is 5.97 Å². The van der Waals surface area contributed by atoms with E-state index in [9.17, 15) is 9.90 Å². The SMILES string of the molecule is COc1ccc(F)c(-c2ccc(COc3ccc4c(c3)[C@]3(CCO4)C[C@@H]3C(=O)O)cc2C2=CCCC2(C)C)c1. The molecular weight excluding hydrogens is 495 g/mol. The second-order valence-corrected chi connectivity index (χ2v) is 11.6. The van der Waals surface area contributed by atoms with Crippen molar-refractivity contribution in [2.45, 2.75) is 51.6 Å². The van der Waals surface area contributed by atoms with Gasteiger partial charge >= 0.3 is 5.97 Å². The van der Waals surface area contributed by atoms with Crippen LogP contribution in [0.25, 0.3) is 16.7 Å². The summed E-state index contributed by atoms with van der Waals surface area (Å²) in [5, 5.41) is 9.61. The Hall–Kier alpha value is -3.80. The van der Waals surface area contributed by atoms with Gasteiger partial charge in [-0.15, -0.1) is 0 Å². The van der Waals surface area contributed by atoms with Crippen molar-refractivity contribution in [2.75, 3.05) is 13.7 Å². The van der Waals surface area contributed by atoms with E-state index in [1.54, 1.807) is 19.2 Å². The summed E-state index contributed by atoms with van der Waals surface area (Å²) in [6.45, 7) is 5.32. The van der Waals surface area contributed by atoms with Gasteiger partial charge in [0.2, 0.25) is 0 Å². The summed E-state index contributed by atoms with van der Waals surface area (Å²) in [6.07, 6.45) is 5.63. The molecule has 2 aliphatic carbocycles. The molecular formula is C33H33FO5. The minimum Gasteiger partial charge on any atom is -0.497 e. The first-order valence-electron chi connectivity index (χ1n) is 13.5. The van der Waals surface area contributed by atoms with Gasteiger partial charge in [-0.2, -0.15) is 0 Å². The molecule has 1 N–H and O–H groups in total. The van der Waals surface area contributed by atoms with Gasteiger partial charge in [0.25, 0.3) is 0 Å². The van der Waals surface area contributed by atoms with Gasteiger partial charge < -0.3 is 19.3 Å². The summed E-state index contributed by atoms with van der Waals surface area (Å²) in [5.41, 5.74) is 5.08. The number of carbonyl (C=O) groups is 1. The van der Waals surface area contributed by atoms with Crippen molar-refractivity contribution in [2.24, 2.45) is 11.3 Å². The first-order chi connectivity index (χ1) is 18.7. The maximum absolute atomic E-state index is 15.1.